The maximum atomic E-state index is 12.8. The van der Waals surface area contributed by atoms with Gasteiger partial charge >= 0.3 is 0 Å². The lowest BCUT2D eigenvalue weighted by molar-refractivity contribution is 0.627. The molecule has 0 aliphatic rings. The molecule has 86 valence electrons. The number of hydrazone groups is 1. The van der Waals surface area contributed by atoms with Crippen LogP contribution in [0.4, 0.5) is 4.39 Å². The molecule has 0 saturated heterocycles. The maximum Gasteiger partial charge on any atom is 0.187 e. The van der Waals surface area contributed by atoms with Crippen LogP contribution in [0.3, 0.4) is 0 Å². The highest BCUT2D eigenvalue weighted by molar-refractivity contribution is 7.80. The highest BCUT2D eigenvalue weighted by atomic mass is 32.1. The van der Waals surface area contributed by atoms with Gasteiger partial charge in [-0.3, -0.25) is 5.43 Å². The number of halogens is 1. The van der Waals surface area contributed by atoms with Crippen molar-refractivity contribution in [3.63, 3.8) is 0 Å². The van der Waals surface area contributed by atoms with E-state index in [9.17, 15) is 4.39 Å². The largest absolute Gasteiger partial charge is 0.359 e. The summed E-state index contributed by atoms with van der Waals surface area (Å²) < 4.78 is 12.8. The van der Waals surface area contributed by atoms with Crippen LogP contribution in [0.25, 0.3) is 0 Å². The molecule has 0 aromatic heterocycles. The molecule has 0 aliphatic heterocycles. The van der Waals surface area contributed by atoms with Crippen LogP contribution in [0.1, 0.15) is 19.4 Å². The summed E-state index contributed by atoms with van der Waals surface area (Å²) >= 11 is 4.96. The molecule has 0 fully saturated rings. The SMILES string of the molecule is CC(C)NC(=S)N/N=C\c1cccc(F)c1. The van der Waals surface area contributed by atoms with Crippen molar-refractivity contribution < 1.29 is 4.39 Å². The second-order valence-corrected chi connectivity index (χ2v) is 3.96. The third-order valence-corrected chi connectivity index (χ3v) is 1.86. The number of nitrogens with one attached hydrogen (secondary N) is 2. The van der Waals surface area contributed by atoms with Gasteiger partial charge in [-0.1, -0.05) is 12.1 Å². The van der Waals surface area contributed by atoms with Gasteiger partial charge in [-0.25, -0.2) is 4.39 Å². The van der Waals surface area contributed by atoms with E-state index in [1.807, 2.05) is 13.8 Å². The lowest BCUT2D eigenvalue weighted by Gasteiger charge is -2.09. The molecule has 1 rings (SSSR count). The lowest BCUT2D eigenvalue weighted by atomic mass is 10.2. The van der Waals surface area contributed by atoms with Gasteiger partial charge in [0.15, 0.2) is 5.11 Å². The smallest absolute Gasteiger partial charge is 0.187 e. The van der Waals surface area contributed by atoms with Crippen molar-refractivity contribution >= 4 is 23.5 Å². The van der Waals surface area contributed by atoms with E-state index < -0.39 is 0 Å². The Morgan fingerprint density at radius 2 is 2.25 bits per heavy atom. The van der Waals surface area contributed by atoms with E-state index in [0.29, 0.717) is 10.7 Å². The predicted octanol–water partition coefficient (Wildman–Crippen LogP) is 2.03. The number of thiocarbonyl (C=S) groups is 1. The van der Waals surface area contributed by atoms with Crippen LogP contribution >= 0.6 is 12.2 Å². The zero-order valence-electron chi connectivity index (χ0n) is 9.20. The van der Waals surface area contributed by atoms with Gasteiger partial charge in [-0.05, 0) is 43.8 Å². The van der Waals surface area contributed by atoms with Gasteiger partial charge in [-0.15, -0.1) is 0 Å². The van der Waals surface area contributed by atoms with Gasteiger partial charge in [-0.2, -0.15) is 5.10 Å². The second kappa shape index (κ2) is 6.17. The molecule has 2 N–H and O–H groups in total. The van der Waals surface area contributed by atoms with E-state index in [4.69, 9.17) is 12.2 Å². The molecule has 0 unspecified atom stereocenters. The Labute approximate surface area is 99.7 Å². The van der Waals surface area contributed by atoms with E-state index in [1.165, 1.54) is 18.3 Å². The summed E-state index contributed by atoms with van der Waals surface area (Å²) in [6.07, 6.45) is 1.51. The normalized spacial score (nSPS) is 10.8. The van der Waals surface area contributed by atoms with E-state index in [-0.39, 0.29) is 11.9 Å². The monoisotopic (exact) mass is 239 g/mol. The molecule has 0 spiro atoms. The summed E-state index contributed by atoms with van der Waals surface area (Å²) in [6, 6.07) is 6.42. The van der Waals surface area contributed by atoms with Gasteiger partial charge in [0, 0.05) is 6.04 Å². The molecule has 0 amide bonds. The standard InChI is InChI=1S/C11H14FN3S/c1-8(2)14-11(16)15-13-7-9-4-3-5-10(12)6-9/h3-8H,1-2H3,(H2,14,15,16)/b13-7-. The minimum Gasteiger partial charge on any atom is -0.359 e. The minimum atomic E-state index is -0.285. The van der Waals surface area contributed by atoms with Crippen molar-refractivity contribution in [1.82, 2.24) is 10.7 Å². The van der Waals surface area contributed by atoms with Crippen molar-refractivity contribution in [2.75, 3.05) is 0 Å². The first-order valence-corrected chi connectivity index (χ1v) is 5.34. The van der Waals surface area contributed by atoms with Crippen LogP contribution in [-0.2, 0) is 0 Å². The molecular weight excluding hydrogens is 225 g/mol. The van der Waals surface area contributed by atoms with Crippen molar-refractivity contribution in [3.8, 4) is 0 Å². The van der Waals surface area contributed by atoms with E-state index in [1.54, 1.807) is 12.1 Å². The Kier molecular flexibility index (Phi) is 4.85. The Hall–Kier alpha value is -1.49. The molecule has 1 aromatic rings. The summed E-state index contributed by atoms with van der Waals surface area (Å²) in [6.45, 7) is 3.95. The molecule has 3 nitrogen and oxygen atoms in total. The third-order valence-electron chi connectivity index (χ3n) is 1.65. The topological polar surface area (TPSA) is 36.4 Å². The second-order valence-electron chi connectivity index (χ2n) is 3.55. The average Bonchev–Trinajstić information content (AvgIpc) is 2.16. The van der Waals surface area contributed by atoms with Crippen LogP contribution in [0.5, 0.6) is 0 Å². The van der Waals surface area contributed by atoms with Gasteiger partial charge in [0.1, 0.15) is 5.82 Å². The van der Waals surface area contributed by atoms with Crippen LogP contribution in [-0.4, -0.2) is 17.4 Å². The van der Waals surface area contributed by atoms with Gasteiger partial charge < -0.3 is 5.32 Å². The average molecular weight is 239 g/mol. The third kappa shape index (κ3) is 4.84. The molecule has 0 aliphatic carbocycles. The zero-order chi connectivity index (χ0) is 12.0. The zero-order valence-corrected chi connectivity index (χ0v) is 10.0. The summed E-state index contributed by atoms with van der Waals surface area (Å²) in [5.41, 5.74) is 3.33. The fraction of sp³-hybridized carbons (Fsp3) is 0.273. The number of nitrogens with zero attached hydrogens (tertiary/aromatic N) is 1. The Morgan fingerprint density at radius 3 is 2.88 bits per heavy atom. The Balaban J connectivity index is 2.46. The summed E-state index contributed by atoms with van der Waals surface area (Å²) in [7, 11) is 0. The number of rotatable bonds is 3. The van der Waals surface area contributed by atoms with Crippen molar-refractivity contribution in [2.45, 2.75) is 19.9 Å². The van der Waals surface area contributed by atoms with E-state index in [0.717, 1.165) is 0 Å². The fourth-order valence-electron chi connectivity index (χ4n) is 1.05. The predicted molar refractivity (Wildman–Crippen MR) is 68.0 cm³/mol. The first kappa shape index (κ1) is 12.6. The van der Waals surface area contributed by atoms with Crippen molar-refractivity contribution in [2.24, 2.45) is 5.10 Å². The van der Waals surface area contributed by atoms with Gasteiger partial charge in [0.05, 0.1) is 6.21 Å². The number of benzene rings is 1. The van der Waals surface area contributed by atoms with Crippen LogP contribution in [0.2, 0.25) is 0 Å². The quantitative estimate of drug-likeness (QED) is 0.481. The van der Waals surface area contributed by atoms with Crippen LogP contribution < -0.4 is 10.7 Å². The Bertz CT molecular complexity index is 391. The highest BCUT2D eigenvalue weighted by Crippen LogP contribution is 1.99. The minimum absolute atomic E-state index is 0.254. The van der Waals surface area contributed by atoms with Crippen molar-refractivity contribution in [1.29, 1.82) is 0 Å². The summed E-state index contributed by atoms with van der Waals surface area (Å²) in [5, 5.41) is 7.31. The molecule has 1 aromatic carbocycles. The summed E-state index contributed by atoms with van der Waals surface area (Å²) in [4.78, 5) is 0. The molecule has 16 heavy (non-hydrogen) atoms. The van der Waals surface area contributed by atoms with Crippen molar-refractivity contribution in [3.05, 3.63) is 35.6 Å². The molecule has 0 bridgehead atoms. The summed E-state index contributed by atoms with van der Waals surface area (Å²) in [5.74, 6) is -0.285. The molecule has 0 radical (unpaired) electrons. The lowest BCUT2D eigenvalue weighted by Crippen LogP contribution is -2.36. The number of hydrogen-bond acceptors (Lipinski definition) is 2. The molecule has 5 heteroatoms. The van der Waals surface area contributed by atoms with E-state index >= 15 is 0 Å². The maximum absolute atomic E-state index is 12.8. The van der Waals surface area contributed by atoms with Gasteiger partial charge in [0.25, 0.3) is 0 Å². The molecular formula is C11H14FN3S. The fourth-order valence-corrected chi connectivity index (χ4v) is 1.34. The molecule has 0 heterocycles. The molecule has 0 atom stereocenters. The molecule has 0 saturated carbocycles. The van der Waals surface area contributed by atoms with Gasteiger partial charge in [0.2, 0.25) is 0 Å². The van der Waals surface area contributed by atoms with E-state index in [2.05, 4.69) is 15.8 Å². The van der Waals surface area contributed by atoms with Crippen LogP contribution in [0, 0.1) is 5.82 Å². The highest BCUT2D eigenvalue weighted by Gasteiger charge is 1.95. The number of hydrogen-bond donors (Lipinski definition) is 2. The first-order chi connectivity index (χ1) is 7.58. The Morgan fingerprint density at radius 1 is 1.50 bits per heavy atom. The van der Waals surface area contributed by atoms with Crippen LogP contribution in [0.15, 0.2) is 29.4 Å². The first-order valence-electron chi connectivity index (χ1n) is 4.93.